The van der Waals surface area contributed by atoms with E-state index in [1.807, 2.05) is 0 Å². The standard InChI is InChI=1S/C24H28F4O/c1-2-3-17-4-7-19(8-5-17)20-9-11-21(12-10-20)24(27,28)29-15-14-18-6-13-22(25)23(26)16-18/h6,9-13,16-17,19H,2-5,7-8,14-15H2,1H3. The molecule has 158 valence electrons. The van der Waals surface area contributed by atoms with Gasteiger partial charge in [-0.1, -0.05) is 50.1 Å². The average molecular weight is 408 g/mol. The Hall–Kier alpha value is -1.88. The minimum Gasteiger partial charge on any atom is -0.316 e. The van der Waals surface area contributed by atoms with Crippen molar-refractivity contribution in [3.05, 3.63) is 70.8 Å². The van der Waals surface area contributed by atoms with Gasteiger partial charge in [0.1, 0.15) is 0 Å². The van der Waals surface area contributed by atoms with Crippen molar-refractivity contribution >= 4 is 0 Å². The van der Waals surface area contributed by atoms with Gasteiger partial charge in [-0.3, -0.25) is 0 Å². The van der Waals surface area contributed by atoms with Gasteiger partial charge >= 0.3 is 6.11 Å². The second-order valence-corrected chi connectivity index (χ2v) is 7.99. The van der Waals surface area contributed by atoms with E-state index in [0.29, 0.717) is 11.5 Å². The predicted molar refractivity (Wildman–Crippen MR) is 106 cm³/mol. The minimum absolute atomic E-state index is 0.0753. The van der Waals surface area contributed by atoms with Gasteiger partial charge < -0.3 is 4.74 Å². The molecule has 0 radical (unpaired) electrons. The summed E-state index contributed by atoms with van der Waals surface area (Å²) in [5.41, 5.74) is 1.33. The molecule has 1 aliphatic carbocycles. The zero-order valence-electron chi connectivity index (χ0n) is 16.8. The van der Waals surface area contributed by atoms with Crippen LogP contribution in [0.2, 0.25) is 0 Å². The third kappa shape index (κ3) is 5.81. The van der Waals surface area contributed by atoms with E-state index in [1.165, 1.54) is 43.9 Å². The second kappa shape index (κ2) is 9.75. The summed E-state index contributed by atoms with van der Waals surface area (Å²) < 4.78 is 59.6. The van der Waals surface area contributed by atoms with Gasteiger partial charge in [-0.2, -0.15) is 8.78 Å². The van der Waals surface area contributed by atoms with Crippen molar-refractivity contribution in [1.29, 1.82) is 0 Å². The van der Waals surface area contributed by atoms with Crippen LogP contribution < -0.4 is 0 Å². The van der Waals surface area contributed by atoms with E-state index in [4.69, 9.17) is 4.74 Å². The van der Waals surface area contributed by atoms with Crippen LogP contribution in [-0.2, 0) is 17.3 Å². The van der Waals surface area contributed by atoms with Crippen molar-refractivity contribution in [1.82, 2.24) is 0 Å². The van der Waals surface area contributed by atoms with E-state index in [0.717, 1.165) is 36.5 Å². The van der Waals surface area contributed by atoms with Crippen molar-refractivity contribution in [3.63, 3.8) is 0 Å². The van der Waals surface area contributed by atoms with Crippen LogP contribution in [0, 0.1) is 17.6 Å². The highest BCUT2D eigenvalue weighted by molar-refractivity contribution is 5.27. The quantitative estimate of drug-likeness (QED) is 0.415. The summed E-state index contributed by atoms with van der Waals surface area (Å²) >= 11 is 0. The van der Waals surface area contributed by atoms with Crippen LogP contribution in [0.4, 0.5) is 17.6 Å². The van der Waals surface area contributed by atoms with Crippen LogP contribution in [0.15, 0.2) is 42.5 Å². The Balaban J connectivity index is 1.53. The molecular weight excluding hydrogens is 380 g/mol. The fraction of sp³-hybridized carbons (Fsp3) is 0.500. The summed E-state index contributed by atoms with van der Waals surface area (Å²) in [5.74, 6) is -0.699. The summed E-state index contributed by atoms with van der Waals surface area (Å²) in [6.45, 7) is 1.92. The maximum Gasteiger partial charge on any atom is 0.383 e. The molecule has 2 aromatic carbocycles. The normalized spacial score (nSPS) is 20.0. The molecule has 1 nitrogen and oxygen atoms in total. The van der Waals surface area contributed by atoms with E-state index in [-0.39, 0.29) is 18.6 Å². The molecule has 0 N–H and O–H groups in total. The number of hydrogen-bond donors (Lipinski definition) is 0. The molecule has 1 aliphatic rings. The van der Waals surface area contributed by atoms with Crippen molar-refractivity contribution in [2.45, 2.75) is 63.9 Å². The van der Waals surface area contributed by atoms with E-state index in [9.17, 15) is 17.6 Å². The molecule has 0 heterocycles. The van der Waals surface area contributed by atoms with Crippen LogP contribution in [-0.4, -0.2) is 6.61 Å². The van der Waals surface area contributed by atoms with Crippen molar-refractivity contribution in [2.75, 3.05) is 6.61 Å². The minimum atomic E-state index is -3.42. The van der Waals surface area contributed by atoms with Crippen LogP contribution in [0.25, 0.3) is 0 Å². The summed E-state index contributed by atoms with van der Waals surface area (Å²) in [6.07, 6.45) is 3.81. The Morgan fingerprint density at radius 1 is 0.931 bits per heavy atom. The van der Waals surface area contributed by atoms with Crippen LogP contribution in [0.3, 0.4) is 0 Å². The molecule has 0 saturated heterocycles. The Labute approximate surface area is 170 Å². The van der Waals surface area contributed by atoms with E-state index < -0.39 is 17.7 Å². The number of alkyl halides is 2. The maximum atomic E-state index is 14.4. The van der Waals surface area contributed by atoms with Gasteiger partial charge in [0, 0.05) is 0 Å². The number of ether oxygens (including phenoxy) is 1. The zero-order valence-corrected chi connectivity index (χ0v) is 16.8. The molecule has 2 aromatic rings. The Morgan fingerprint density at radius 3 is 2.24 bits per heavy atom. The van der Waals surface area contributed by atoms with Crippen LogP contribution >= 0.6 is 0 Å². The average Bonchev–Trinajstić information content (AvgIpc) is 2.71. The molecule has 1 fully saturated rings. The lowest BCUT2D eigenvalue weighted by Crippen LogP contribution is -2.20. The first-order valence-corrected chi connectivity index (χ1v) is 10.4. The molecule has 5 heteroatoms. The van der Waals surface area contributed by atoms with Crippen molar-refractivity contribution in [3.8, 4) is 0 Å². The number of rotatable bonds is 8. The van der Waals surface area contributed by atoms with E-state index >= 15 is 0 Å². The highest BCUT2D eigenvalue weighted by Gasteiger charge is 2.33. The van der Waals surface area contributed by atoms with Gasteiger partial charge in [0.2, 0.25) is 0 Å². The van der Waals surface area contributed by atoms with E-state index in [2.05, 4.69) is 6.92 Å². The Kier molecular flexibility index (Phi) is 7.33. The topological polar surface area (TPSA) is 9.23 Å². The molecule has 0 unspecified atom stereocenters. The number of halogens is 4. The summed E-state index contributed by atoms with van der Waals surface area (Å²) in [4.78, 5) is 0. The SMILES string of the molecule is CCCC1CCC(c2ccc(C(F)(F)OCCc3ccc(F)c(F)c3)cc2)CC1. The molecule has 0 aromatic heterocycles. The summed E-state index contributed by atoms with van der Waals surface area (Å²) in [5, 5.41) is 0. The van der Waals surface area contributed by atoms with Gasteiger partial charge in [-0.15, -0.1) is 0 Å². The Morgan fingerprint density at radius 2 is 1.62 bits per heavy atom. The second-order valence-electron chi connectivity index (χ2n) is 7.99. The predicted octanol–water partition coefficient (Wildman–Crippen LogP) is 7.35. The van der Waals surface area contributed by atoms with Gasteiger partial charge in [0.15, 0.2) is 11.6 Å². The first kappa shape index (κ1) is 21.8. The third-order valence-corrected chi connectivity index (χ3v) is 5.92. The summed E-state index contributed by atoms with van der Waals surface area (Å²) in [7, 11) is 0. The lowest BCUT2D eigenvalue weighted by atomic mass is 9.77. The molecule has 1 saturated carbocycles. The molecule has 3 rings (SSSR count). The fourth-order valence-corrected chi connectivity index (χ4v) is 4.22. The number of benzene rings is 2. The van der Waals surface area contributed by atoms with E-state index in [1.54, 1.807) is 12.1 Å². The highest BCUT2D eigenvalue weighted by Crippen LogP contribution is 2.38. The molecular formula is C24H28F4O. The van der Waals surface area contributed by atoms with Crippen LogP contribution in [0.5, 0.6) is 0 Å². The molecule has 0 spiro atoms. The summed E-state index contributed by atoms with van der Waals surface area (Å²) in [6, 6.07) is 9.79. The largest absolute Gasteiger partial charge is 0.383 e. The fourth-order valence-electron chi connectivity index (χ4n) is 4.22. The zero-order chi connectivity index (χ0) is 20.9. The maximum absolute atomic E-state index is 14.4. The van der Waals surface area contributed by atoms with Gasteiger partial charge in [-0.05, 0) is 67.2 Å². The number of hydrogen-bond acceptors (Lipinski definition) is 1. The smallest absolute Gasteiger partial charge is 0.316 e. The van der Waals surface area contributed by atoms with Crippen LogP contribution in [0.1, 0.15) is 68.1 Å². The van der Waals surface area contributed by atoms with Crippen molar-refractivity contribution in [2.24, 2.45) is 5.92 Å². The molecule has 0 atom stereocenters. The monoisotopic (exact) mass is 408 g/mol. The van der Waals surface area contributed by atoms with Gasteiger partial charge in [-0.25, -0.2) is 8.78 Å². The lowest BCUT2D eigenvalue weighted by molar-refractivity contribution is -0.248. The molecule has 0 bridgehead atoms. The Bertz CT molecular complexity index is 780. The van der Waals surface area contributed by atoms with Crippen molar-refractivity contribution < 1.29 is 22.3 Å². The van der Waals surface area contributed by atoms with Gasteiger partial charge in [0.05, 0.1) is 12.2 Å². The lowest BCUT2D eigenvalue weighted by Gasteiger charge is -2.29. The first-order chi connectivity index (χ1) is 13.9. The highest BCUT2D eigenvalue weighted by atomic mass is 19.3. The molecule has 0 amide bonds. The first-order valence-electron chi connectivity index (χ1n) is 10.4. The molecule has 0 aliphatic heterocycles. The van der Waals surface area contributed by atoms with Gasteiger partial charge in [0.25, 0.3) is 0 Å². The molecule has 29 heavy (non-hydrogen) atoms. The third-order valence-electron chi connectivity index (χ3n) is 5.92.